The summed E-state index contributed by atoms with van der Waals surface area (Å²) in [6.45, 7) is 6.14. The Kier molecular flexibility index (Phi) is 2.11. The van der Waals surface area contributed by atoms with E-state index in [0.29, 0.717) is 0 Å². The van der Waals surface area contributed by atoms with Crippen LogP contribution in [0.5, 0.6) is 0 Å². The second-order valence-electron chi connectivity index (χ2n) is 4.55. The molecule has 0 aliphatic heterocycles. The fourth-order valence-corrected chi connectivity index (χ4v) is 2.25. The van der Waals surface area contributed by atoms with Crippen LogP contribution in [0.2, 0.25) is 0 Å². The third kappa shape index (κ3) is 1.57. The van der Waals surface area contributed by atoms with Crippen LogP contribution in [-0.2, 0) is 0 Å². The molecule has 2 heteroatoms. The molecule has 0 aliphatic carbocycles. The van der Waals surface area contributed by atoms with Crippen molar-refractivity contribution in [2.45, 2.75) is 20.8 Å². The molecule has 0 amide bonds. The van der Waals surface area contributed by atoms with E-state index in [9.17, 15) is 0 Å². The van der Waals surface area contributed by atoms with E-state index in [1.54, 1.807) is 0 Å². The van der Waals surface area contributed by atoms with Gasteiger partial charge in [0.05, 0.1) is 11.0 Å². The lowest BCUT2D eigenvalue weighted by Gasteiger charge is -2.07. The second kappa shape index (κ2) is 3.52. The average molecular weight is 222 g/mol. The standard InChI is InChI=1S/C15H14N2/c1-9-4-6-12-8-13-7-5-10(2)17-15(13)11(3)14(12)16-9/h4-8H,1-3H3. The van der Waals surface area contributed by atoms with Gasteiger partial charge in [0.25, 0.3) is 0 Å². The third-order valence-corrected chi connectivity index (χ3v) is 3.15. The molecule has 0 N–H and O–H groups in total. The maximum absolute atomic E-state index is 4.61. The van der Waals surface area contributed by atoms with Gasteiger partial charge in [-0.2, -0.15) is 0 Å². The number of aryl methyl sites for hydroxylation is 3. The smallest absolute Gasteiger partial charge is 0.0756 e. The molecule has 0 radical (unpaired) electrons. The van der Waals surface area contributed by atoms with Crippen LogP contribution in [0.15, 0.2) is 30.3 Å². The average Bonchev–Trinajstić information content (AvgIpc) is 2.32. The van der Waals surface area contributed by atoms with Crippen LogP contribution < -0.4 is 0 Å². The van der Waals surface area contributed by atoms with E-state index >= 15 is 0 Å². The zero-order valence-corrected chi connectivity index (χ0v) is 10.3. The van der Waals surface area contributed by atoms with Gasteiger partial charge in [-0.1, -0.05) is 12.1 Å². The van der Waals surface area contributed by atoms with E-state index in [4.69, 9.17) is 0 Å². The van der Waals surface area contributed by atoms with Crippen LogP contribution in [-0.4, -0.2) is 9.97 Å². The normalized spacial score (nSPS) is 11.2. The highest BCUT2D eigenvalue weighted by atomic mass is 14.7. The predicted molar refractivity (Wildman–Crippen MR) is 71.3 cm³/mol. The van der Waals surface area contributed by atoms with Crippen molar-refractivity contribution in [1.29, 1.82) is 0 Å². The third-order valence-electron chi connectivity index (χ3n) is 3.15. The van der Waals surface area contributed by atoms with Crippen molar-refractivity contribution in [3.8, 4) is 0 Å². The monoisotopic (exact) mass is 222 g/mol. The number of hydrogen-bond donors (Lipinski definition) is 0. The highest BCUT2D eigenvalue weighted by molar-refractivity contribution is 5.98. The molecule has 0 aliphatic rings. The number of rotatable bonds is 0. The predicted octanol–water partition coefficient (Wildman–Crippen LogP) is 3.71. The Bertz CT molecular complexity index is 670. The molecule has 0 atom stereocenters. The van der Waals surface area contributed by atoms with E-state index in [1.807, 2.05) is 13.8 Å². The van der Waals surface area contributed by atoms with E-state index in [2.05, 4.69) is 47.2 Å². The van der Waals surface area contributed by atoms with Gasteiger partial charge in [0.2, 0.25) is 0 Å². The lowest BCUT2D eigenvalue weighted by molar-refractivity contribution is 1.22. The van der Waals surface area contributed by atoms with Gasteiger partial charge in [-0.15, -0.1) is 0 Å². The lowest BCUT2D eigenvalue weighted by atomic mass is 10.0. The highest BCUT2D eigenvalue weighted by Crippen LogP contribution is 2.25. The Hall–Kier alpha value is -1.96. The quantitative estimate of drug-likeness (QED) is 0.542. The number of benzene rings is 1. The Morgan fingerprint density at radius 3 is 1.65 bits per heavy atom. The van der Waals surface area contributed by atoms with E-state index in [-0.39, 0.29) is 0 Å². The number of pyridine rings is 2. The van der Waals surface area contributed by atoms with Gasteiger partial charge in [-0.25, -0.2) is 0 Å². The molecule has 0 saturated carbocycles. The van der Waals surface area contributed by atoms with Crippen molar-refractivity contribution in [2.75, 3.05) is 0 Å². The Balaban J connectivity index is 2.53. The Morgan fingerprint density at radius 1 is 0.706 bits per heavy atom. The molecule has 3 rings (SSSR count). The molecule has 84 valence electrons. The van der Waals surface area contributed by atoms with E-state index in [0.717, 1.165) is 22.4 Å². The molecular formula is C15H14N2. The highest BCUT2D eigenvalue weighted by Gasteiger charge is 2.06. The van der Waals surface area contributed by atoms with Crippen molar-refractivity contribution in [3.63, 3.8) is 0 Å². The molecule has 0 bridgehead atoms. The second-order valence-corrected chi connectivity index (χ2v) is 4.55. The summed E-state index contributed by atoms with van der Waals surface area (Å²) in [5.41, 5.74) is 5.40. The summed E-state index contributed by atoms with van der Waals surface area (Å²) in [4.78, 5) is 9.23. The molecule has 2 aromatic heterocycles. The van der Waals surface area contributed by atoms with Gasteiger partial charge >= 0.3 is 0 Å². The molecule has 3 aromatic rings. The molecule has 0 spiro atoms. The minimum absolute atomic E-state index is 1.05. The fourth-order valence-electron chi connectivity index (χ4n) is 2.25. The maximum atomic E-state index is 4.61. The lowest BCUT2D eigenvalue weighted by Crippen LogP contribution is -1.91. The van der Waals surface area contributed by atoms with Crippen molar-refractivity contribution in [3.05, 3.63) is 47.3 Å². The minimum atomic E-state index is 1.05. The molecule has 0 saturated heterocycles. The van der Waals surface area contributed by atoms with Crippen LogP contribution in [0.4, 0.5) is 0 Å². The number of hydrogen-bond acceptors (Lipinski definition) is 2. The Morgan fingerprint density at radius 2 is 1.18 bits per heavy atom. The van der Waals surface area contributed by atoms with Crippen molar-refractivity contribution in [2.24, 2.45) is 0 Å². The first-order chi connectivity index (χ1) is 8.15. The summed E-state index contributed by atoms with van der Waals surface area (Å²) in [6, 6.07) is 10.5. The van der Waals surface area contributed by atoms with E-state index in [1.165, 1.54) is 16.3 Å². The van der Waals surface area contributed by atoms with Crippen molar-refractivity contribution < 1.29 is 0 Å². The van der Waals surface area contributed by atoms with Gasteiger partial charge in [-0.3, -0.25) is 9.97 Å². The molecule has 2 nitrogen and oxygen atoms in total. The summed E-state index contributed by atoms with van der Waals surface area (Å²) in [5.74, 6) is 0. The van der Waals surface area contributed by atoms with Gasteiger partial charge < -0.3 is 0 Å². The zero-order valence-electron chi connectivity index (χ0n) is 10.3. The van der Waals surface area contributed by atoms with Crippen LogP contribution in [0.3, 0.4) is 0 Å². The molecule has 17 heavy (non-hydrogen) atoms. The van der Waals surface area contributed by atoms with E-state index < -0.39 is 0 Å². The minimum Gasteiger partial charge on any atom is -0.253 e. The summed E-state index contributed by atoms with van der Waals surface area (Å²) >= 11 is 0. The van der Waals surface area contributed by atoms with Gasteiger partial charge in [0.15, 0.2) is 0 Å². The largest absolute Gasteiger partial charge is 0.253 e. The van der Waals surface area contributed by atoms with Gasteiger partial charge in [-0.05, 0) is 39.0 Å². The van der Waals surface area contributed by atoms with Crippen LogP contribution in [0.25, 0.3) is 21.8 Å². The van der Waals surface area contributed by atoms with Crippen molar-refractivity contribution in [1.82, 2.24) is 9.97 Å². The first-order valence-electron chi connectivity index (χ1n) is 5.79. The first kappa shape index (κ1) is 10.2. The molecular weight excluding hydrogens is 208 g/mol. The van der Waals surface area contributed by atoms with Crippen LogP contribution >= 0.6 is 0 Å². The zero-order chi connectivity index (χ0) is 12.0. The summed E-state index contributed by atoms with van der Waals surface area (Å²) in [6.07, 6.45) is 0. The van der Waals surface area contributed by atoms with Gasteiger partial charge in [0.1, 0.15) is 0 Å². The summed E-state index contributed by atoms with van der Waals surface area (Å²) < 4.78 is 0. The summed E-state index contributed by atoms with van der Waals surface area (Å²) in [5, 5.41) is 2.37. The first-order valence-corrected chi connectivity index (χ1v) is 5.79. The number of fused-ring (bicyclic) bond motifs is 2. The molecule has 0 unspecified atom stereocenters. The number of nitrogens with zero attached hydrogens (tertiary/aromatic N) is 2. The number of aromatic nitrogens is 2. The van der Waals surface area contributed by atoms with Gasteiger partial charge in [0, 0.05) is 27.7 Å². The molecule has 0 fully saturated rings. The molecule has 1 aromatic carbocycles. The SMILES string of the molecule is Cc1ccc2cc3ccc(C)nc3c(C)c2n1. The maximum Gasteiger partial charge on any atom is 0.0756 e. The molecule has 2 heterocycles. The van der Waals surface area contributed by atoms with Crippen LogP contribution in [0.1, 0.15) is 17.0 Å². The summed E-state index contributed by atoms with van der Waals surface area (Å²) in [7, 11) is 0. The topological polar surface area (TPSA) is 25.8 Å². The van der Waals surface area contributed by atoms with Crippen LogP contribution in [0, 0.1) is 20.8 Å². The fraction of sp³-hybridized carbons (Fsp3) is 0.200. The van der Waals surface area contributed by atoms with Crippen molar-refractivity contribution >= 4 is 21.8 Å². The Labute approximate surface area is 100 Å².